The number of carbonyl (C=O) groups is 2. The fraction of sp³-hybridized carbons (Fsp3) is 0.789. The maximum atomic E-state index is 9.55. The molecule has 0 aliphatic carbocycles. The van der Waals surface area contributed by atoms with Crippen LogP contribution < -0.4 is 0 Å². The van der Waals surface area contributed by atoms with E-state index in [0.717, 1.165) is 4.48 Å². The third kappa shape index (κ3) is 28.8. The number of rotatable bonds is 13. The summed E-state index contributed by atoms with van der Waals surface area (Å²) in [5, 5.41) is 15.6. The number of aliphatic carboxylic acids is 2. The highest BCUT2D eigenvalue weighted by atomic mass is 16.4. The first-order valence-corrected chi connectivity index (χ1v) is 9.13. The van der Waals surface area contributed by atoms with Gasteiger partial charge in [-0.05, 0) is 12.8 Å². The maximum Gasteiger partial charge on any atom is 0.328 e. The maximum absolute atomic E-state index is 9.55. The first-order valence-electron chi connectivity index (χ1n) is 9.13. The summed E-state index contributed by atoms with van der Waals surface area (Å²) in [6.07, 6.45) is 15.5. The largest absolute Gasteiger partial charge is 0.478 e. The van der Waals surface area contributed by atoms with Crippen molar-refractivity contribution in [1.82, 2.24) is 0 Å². The fourth-order valence-corrected chi connectivity index (χ4v) is 2.22. The molecule has 24 heavy (non-hydrogen) atoms. The summed E-state index contributed by atoms with van der Waals surface area (Å²) in [7, 11) is 6.86. The second kappa shape index (κ2) is 16.5. The number of carboxylic acids is 2. The summed E-state index contributed by atoms with van der Waals surface area (Å²) in [4.78, 5) is 19.1. The van der Waals surface area contributed by atoms with Gasteiger partial charge in [-0.2, -0.15) is 0 Å². The van der Waals surface area contributed by atoms with Crippen molar-refractivity contribution in [2.45, 2.75) is 71.1 Å². The molecule has 0 rings (SSSR count). The quantitative estimate of drug-likeness (QED) is 0.296. The Kier molecular flexibility index (Phi) is 17.1. The summed E-state index contributed by atoms with van der Waals surface area (Å²) >= 11 is 0. The molecule has 0 aromatic carbocycles. The van der Waals surface area contributed by atoms with Crippen LogP contribution in [0.1, 0.15) is 71.1 Å². The molecule has 0 aromatic rings. The molecule has 0 spiro atoms. The van der Waals surface area contributed by atoms with Gasteiger partial charge >= 0.3 is 11.9 Å². The molecular formula is C19H38NO4+. The van der Waals surface area contributed by atoms with E-state index in [4.69, 9.17) is 10.2 Å². The normalized spacial score (nSPS) is 11.2. The van der Waals surface area contributed by atoms with Crippen molar-refractivity contribution in [3.63, 3.8) is 0 Å². The van der Waals surface area contributed by atoms with Crippen LogP contribution in [0.4, 0.5) is 0 Å². The van der Waals surface area contributed by atoms with Gasteiger partial charge < -0.3 is 14.7 Å². The van der Waals surface area contributed by atoms with Gasteiger partial charge in [-0.3, -0.25) is 0 Å². The predicted molar refractivity (Wildman–Crippen MR) is 99.2 cm³/mol. The second-order valence-corrected chi connectivity index (χ2v) is 7.21. The van der Waals surface area contributed by atoms with Gasteiger partial charge in [0.15, 0.2) is 0 Å². The average molecular weight is 345 g/mol. The zero-order chi connectivity index (χ0) is 18.8. The average Bonchev–Trinajstić information content (AvgIpc) is 2.46. The molecule has 0 fully saturated rings. The number of carboxylic acid groups (broad SMARTS) is 2. The van der Waals surface area contributed by atoms with Crippen molar-refractivity contribution in [2.75, 3.05) is 27.7 Å². The van der Waals surface area contributed by atoms with E-state index in [0.29, 0.717) is 12.2 Å². The molecule has 0 atom stereocenters. The van der Waals surface area contributed by atoms with E-state index in [9.17, 15) is 9.59 Å². The minimum Gasteiger partial charge on any atom is -0.478 e. The molecule has 0 amide bonds. The Bertz CT molecular complexity index is 330. The Morgan fingerprint density at radius 3 is 1.33 bits per heavy atom. The van der Waals surface area contributed by atoms with Gasteiger partial charge in [0, 0.05) is 12.2 Å². The number of quaternary nitrogens is 1. The van der Waals surface area contributed by atoms with E-state index >= 15 is 0 Å². The summed E-state index contributed by atoms with van der Waals surface area (Å²) in [6.45, 7) is 3.62. The van der Waals surface area contributed by atoms with Crippen LogP contribution >= 0.6 is 0 Å². The second-order valence-electron chi connectivity index (χ2n) is 7.21. The Hall–Kier alpha value is -1.36. The number of hydrogen-bond donors (Lipinski definition) is 2. The Balaban J connectivity index is 0. The minimum absolute atomic E-state index is 0.558. The van der Waals surface area contributed by atoms with Crippen LogP contribution in [0.3, 0.4) is 0 Å². The van der Waals surface area contributed by atoms with Crippen molar-refractivity contribution >= 4 is 11.9 Å². The highest BCUT2D eigenvalue weighted by Gasteiger charge is 2.04. The van der Waals surface area contributed by atoms with Crippen molar-refractivity contribution in [3.8, 4) is 0 Å². The molecule has 0 radical (unpaired) electrons. The van der Waals surface area contributed by atoms with Gasteiger partial charge in [0.05, 0.1) is 27.7 Å². The molecule has 0 unspecified atom stereocenters. The van der Waals surface area contributed by atoms with E-state index in [1.165, 1.54) is 70.8 Å². The summed E-state index contributed by atoms with van der Waals surface area (Å²) in [5.74, 6) is -2.51. The van der Waals surface area contributed by atoms with Crippen LogP contribution in [0.15, 0.2) is 12.2 Å². The van der Waals surface area contributed by atoms with E-state index in [2.05, 4.69) is 28.1 Å². The molecule has 5 nitrogen and oxygen atoms in total. The first-order chi connectivity index (χ1) is 11.2. The summed E-state index contributed by atoms with van der Waals surface area (Å²) < 4.78 is 1.12. The van der Waals surface area contributed by atoms with Crippen LogP contribution in [0.2, 0.25) is 0 Å². The smallest absolute Gasteiger partial charge is 0.328 e. The minimum atomic E-state index is -1.26. The Morgan fingerprint density at radius 1 is 0.708 bits per heavy atom. The predicted octanol–water partition coefficient (Wildman–Crippen LogP) is 4.33. The van der Waals surface area contributed by atoms with Gasteiger partial charge in [0.25, 0.3) is 0 Å². The van der Waals surface area contributed by atoms with E-state index in [1.54, 1.807) is 0 Å². The topological polar surface area (TPSA) is 74.6 Å². The van der Waals surface area contributed by atoms with Gasteiger partial charge in [-0.1, -0.05) is 58.3 Å². The van der Waals surface area contributed by atoms with Crippen LogP contribution in [0.5, 0.6) is 0 Å². The van der Waals surface area contributed by atoms with E-state index in [-0.39, 0.29) is 0 Å². The summed E-state index contributed by atoms with van der Waals surface area (Å²) in [6, 6.07) is 0. The Labute approximate surface area is 148 Å². The van der Waals surface area contributed by atoms with E-state index in [1.807, 2.05) is 0 Å². The molecule has 0 saturated heterocycles. The van der Waals surface area contributed by atoms with Crippen LogP contribution in [-0.4, -0.2) is 54.3 Å². The molecule has 2 N–H and O–H groups in total. The van der Waals surface area contributed by atoms with Gasteiger partial charge in [0.1, 0.15) is 0 Å². The van der Waals surface area contributed by atoms with Crippen molar-refractivity contribution in [3.05, 3.63) is 12.2 Å². The zero-order valence-electron chi connectivity index (χ0n) is 16.1. The lowest BCUT2D eigenvalue weighted by Crippen LogP contribution is -2.35. The highest BCUT2D eigenvalue weighted by Crippen LogP contribution is 2.10. The standard InChI is InChI=1S/C15H34N.C4H4O4/c1-5-6-7-8-9-10-11-12-13-14-15-16(2,3)4;5-3(6)1-2-4(7)8/h5-15H2,1-4H3;1-2H,(H,5,6)(H,7,8)/q+1;/b;2-1-. The first kappa shape index (κ1) is 24.9. The van der Waals surface area contributed by atoms with Gasteiger partial charge in [-0.15, -0.1) is 0 Å². The molecule has 142 valence electrons. The van der Waals surface area contributed by atoms with Gasteiger partial charge in [-0.25, -0.2) is 9.59 Å². The molecule has 0 heterocycles. The Morgan fingerprint density at radius 2 is 1.04 bits per heavy atom. The lowest BCUT2D eigenvalue weighted by molar-refractivity contribution is -0.870. The fourth-order valence-electron chi connectivity index (χ4n) is 2.22. The molecular weight excluding hydrogens is 306 g/mol. The van der Waals surface area contributed by atoms with Crippen LogP contribution in [0.25, 0.3) is 0 Å². The van der Waals surface area contributed by atoms with Gasteiger partial charge in [0.2, 0.25) is 0 Å². The third-order valence-corrected chi connectivity index (χ3v) is 3.55. The lowest BCUT2D eigenvalue weighted by Gasteiger charge is -2.23. The number of nitrogens with zero attached hydrogens (tertiary/aromatic N) is 1. The van der Waals surface area contributed by atoms with Crippen molar-refractivity contribution < 1.29 is 24.3 Å². The molecule has 0 saturated carbocycles. The molecule has 0 aliphatic rings. The molecule has 0 aliphatic heterocycles. The lowest BCUT2D eigenvalue weighted by atomic mass is 10.1. The van der Waals surface area contributed by atoms with Crippen molar-refractivity contribution in [2.24, 2.45) is 0 Å². The summed E-state index contributed by atoms with van der Waals surface area (Å²) in [5.41, 5.74) is 0. The van der Waals surface area contributed by atoms with Crippen LogP contribution in [0, 0.1) is 0 Å². The monoisotopic (exact) mass is 344 g/mol. The molecule has 0 bridgehead atoms. The highest BCUT2D eigenvalue weighted by molar-refractivity contribution is 5.89. The van der Waals surface area contributed by atoms with Crippen LogP contribution in [-0.2, 0) is 9.59 Å². The number of unbranched alkanes of at least 4 members (excludes halogenated alkanes) is 9. The number of hydrogen-bond acceptors (Lipinski definition) is 2. The van der Waals surface area contributed by atoms with E-state index < -0.39 is 11.9 Å². The molecule has 5 heteroatoms. The zero-order valence-corrected chi connectivity index (χ0v) is 16.1. The van der Waals surface area contributed by atoms with Crippen molar-refractivity contribution in [1.29, 1.82) is 0 Å². The SMILES string of the molecule is CCCCCCCCCCCC[N+](C)(C)C.O=C(O)/C=C\C(=O)O. The third-order valence-electron chi connectivity index (χ3n) is 3.55. The molecule has 0 aromatic heterocycles.